The lowest BCUT2D eigenvalue weighted by molar-refractivity contribution is -0.137. The average Bonchev–Trinajstić information content (AvgIpc) is 3.30. The number of amides is 1. The van der Waals surface area contributed by atoms with Gasteiger partial charge in [-0.2, -0.15) is 18.3 Å². The van der Waals surface area contributed by atoms with Crippen molar-refractivity contribution < 1.29 is 18.0 Å². The van der Waals surface area contributed by atoms with Crippen LogP contribution in [0.1, 0.15) is 60.0 Å². The molecule has 1 saturated carbocycles. The molecule has 156 valence electrons. The first-order valence-corrected chi connectivity index (χ1v) is 9.95. The van der Waals surface area contributed by atoms with Gasteiger partial charge in [-0.1, -0.05) is 6.42 Å². The molecule has 1 aliphatic carbocycles. The Morgan fingerprint density at radius 3 is 2.50 bits per heavy atom. The fourth-order valence-corrected chi connectivity index (χ4v) is 4.07. The van der Waals surface area contributed by atoms with E-state index in [1.165, 1.54) is 23.5 Å². The van der Waals surface area contributed by atoms with E-state index in [0.29, 0.717) is 29.4 Å². The van der Waals surface area contributed by atoms with Gasteiger partial charge in [-0.05, 0) is 44.0 Å². The average molecular weight is 415 g/mol. The Morgan fingerprint density at radius 2 is 1.87 bits per heavy atom. The van der Waals surface area contributed by atoms with E-state index in [1.807, 2.05) is 6.92 Å². The number of carbonyl (C=O) groups excluding carboxylic acids is 1. The van der Waals surface area contributed by atoms with Crippen LogP contribution in [0.5, 0.6) is 0 Å². The van der Waals surface area contributed by atoms with Crippen LogP contribution < -0.4 is 4.90 Å². The van der Waals surface area contributed by atoms with E-state index in [1.54, 1.807) is 17.1 Å². The van der Waals surface area contributed by atoms with Crippen molar-refractivity contribution in [2.75, 3.05) is 11.4 Å². The van der Waals surface area contributed by atoms with Gasteiger partial charge >= 0.3 is 6.18 Å². The predicted molar refractivity (Wildman–Crippen MR) is 104 cm³/mol. The zero-order valence-electron chi connectivity index (χ0n) is 16.3. The molecule has 1 atom stereocenters. The Hall–Kier alpha value is -3.10. The Balaban J connectivity index is 1.49. The van der Waals surface area contributed by atoms with Gasteiger partial charge in [0.05, 0.1) is 35.3 Å². The molecule has 0 saturated heterocycles. The van der Waals surface area contributed by atoms with Crippen LogP contribution >= 0.6 is 0 Å². The maximum Gasteiger partial charge on any atom is 0.416 e. The van der Waals surface area contributed by atoms with Crippen LogP contribution in [0.2, 0.25) is 0 Å². The van der Waals surface area contributed by atoms with Crippen LogP contribution in [-0.2, 0) is 6.18 Å². The zero-order chi connectivity index (χ0) is 21.0. The van der Waals surface area contributed by atoms with Crippen LogP contribution in [0.4, 0.5) is 18.9 Å². The highest BCUT2D eigenvalue weighted by molar-refractivity contribution is 6.09. The first-order valence-electron chi connectivity index (χ1n) is 9.95. The molecule has 6 nitrogen and oxygen atoms in total. The molecule has 0 spiro atoms. The van der Waals surface area contributed by atoms with Gasteiger partial charge in [-0.15, -0.1) is 0 Å². The number of hydrogen-bond donors (Lipinski definition) is 1. The number of carbonyl (C=O) groups is 1. The quantitative estimate of drug-likeness (QED) is 0.669. The zero-order valence-corrected chi connectivity index (χ0v) is 16.3. The Labute approximate surface area is 170 Å². The second-order valence-corrected chi connectivity index (χ2v) is 7.97. The number of aromatic nitrogens is 4. The van der Waals surface area contributed by atoms with Crippen LogP contribution in [-0.4, -0.2) is 32.2 Å². The maximum atomic E-state index is 13.3. The molecule has 5 rings (SSSR count). The summed E-state index contributed by atoms with van der Waals surface area (Å²) < 4.78 is 40.3. The second-order valence-electron chi connectivity index (χ2n) is 7.97. The van der Waals surface area contributed by atoms with Gasteiger partial charge < -0.3 is 9.88 Å². The third-order valence-electron chi connectivity index (χ3n) is 5.99. The van der Waals surface area contributed by atoms with Crippen molar-refractivity contribution in [1.82, 2.24) is 19.7 Å². The Morgan fingerprint density at radius 1 is 1.13 bits per heavy atom. The summed E-state index contributed by atoms with van der Waals surface area (Å²) in [5.74, 6) is 1.07. The molecule has 9 heteroatoms. The molecular formula is C21H20F3N5O. The predicted octanol–water partition coefficient (Wildman–Crippen LogP) is 4.78. The van der Waals surface area contributed by atoms with Crippen LogP contribution in [0.25, 0.3) is 11.3 Å². The van der Waals surface area contributed by atoms with Crippen molar-refractivity contribution in [1.29, 1.82) is 0 Å². The number of imidazole rings is 1. The van der Waals surface area contributed by atoms with Gasteiger partial charge in [0.1, 0.15) is 11.5 Å². The highest BCUT2D eigenvalue weighted by Gasteiger charge is 2.35. The molecule has 0 unspecified atom stereocenters. The third kappa shape index (κ3) is 3.00. The molecule has 2 aliphatic rings. The minimum absolute atomic E-state index is 0.122. The molecule has 1 aliphatic heterocycles. The summed E-state index contributed by atoms with van der Waals surface area (Å²) in [6, 6.07) is 4.55. The highest BCUT2D eigenvalue weighted by Crippen LogP contribution is 2.37. The normalized spacial score (nSPS) is 19.7. The monoisotopic (exact) mass is 415 g/mol. The fourth-order valence-electron chi connectivity index (χ4n) is 4.07. The van der Waals surface area contributed by atoms with E-state index < -0.39 is 11.7 Å². The lowest BCUT2D eigenvalue weighted by Gasteiger charge is -2.32. The minimum atomic E-state index is -4.41. The Kier molecular flexibility index (Phi) is 4.23. The lowest BCUT2D eigenvalue weighted by atomic mass is 9.85. The van der Waals surface area contributed by atoms with Crippen LogP contribution in [0.3, 0.4) is 0 Å². The van der Waals surface area contributed by atoms with Gasteiger partial charge in [0, 0.05) is 18.2 Å². The highest BCUT2D eigenvalue weighted by atomic mass is 19.4. The molecule has 1 aromatic carbocycles. The minimum Gasteiger partial charge on any atom is -0.342 e. The Bertz CT molecular complexity index is 1090. The van der Waals surface area contributed by atoms with Crippen LogP contribution in [0.15, 0.2) is 36.7 Å². The summed E-state index contributed by atoms with van der Waals surface area (Å²) in [4.78, 5) is 22.6. The van der Waals surface area contributed by atoms with Crippen LogP contribution in [0, 0.1) is 0 Å². The van der Waals surface area contributed by atoms with E-state index >= 15 is 0 Å². The van der Waals surface area contributed by atoms with Crippen molar-refractivity contribution in [2.24, 2.45) is 0 Å². The molecular weight excluding hydrogens is 395 g/mol. The summed E-state index contributed by atoms with van der Waals surface area (Å²) in [5, 5.41) is 4.40. The molecule has 1 N–H and O–H groups in total. The van der Waals surface area contributed by atoms with Crippen molar-refractivity contribution in [3.8, 4) is 11.3 Å². The number of aromatic amines is 1. The fraction of sp³-hybridized carbons (Fsp3) is 0.381. The lowest BCUT2D eigenvalue weighted by Crippen LogP contribution is -2.42. The summed E-state index contributed by atoms with van der Waals surface area (Å²) in [6.07, 6.45) is 2.37. The number of alkyl halides is 3. The molecule has 1 amide bonds. The molecule has 1 fully saturated rings. The molecule has 30 heavy (non-hydrogen) atoms. The largest absolute Gasteiger partial charge is 0.416 e. The van der Waals surface area contributed by atoms with Crippen molar-refractivity contribution >= 4 is 11.6 Å². The van der Waals surface area contributed by atoms with Gasteiger partial charge in [-0.25, -0.2) is 4.98 Å². The number of hydrogen-bond acceptors (Lipinski definition) is 3. The van der Waals surface area contributed by atoms with Gasteiger partial charge in [0.25, 0.3) is 5.91 Å². The molecule has 3 aromatic rings. The van der Waals surface area contributed by atoms with E-state index in [2.05, 4.69) is 15.1 Å². The standard InChI is InChI=1S/C21H20F3N5O/c1-12-11-28(15-7-5-14(6-8-15)21(22,23)24)20(30)18-16(9-26-29(12)18)17-10-25-19(27-17)13-3-2-4-13/h5-10,12-13H,2-4,11H2,1H3,(H,25,27)/t12-/m0/s1. The maximum absolute atomic E-state index is 13.3. The number of H-pyrrole nitrogens is 1. The summed E-state index contributed by atoms with van der Waals surface area (Å²) in [5.41, 5.74) is 1.49. The van der Waals surface area contributed by atoms with Gasteiger partial charge in [0.2, 0.25) is 0 Å². The number of anilines is 1. The number of nitrogens with zero attached hydrogens (tertiary/aromatic N) is 4. The van der Waals surface area contributed by atoms with E-state index in [4.69, 9.17) is 0 Å². The first kappa shape index (κ1) is 18.9. The van der Waals surface area contributed by atoms with E-state index in [0.717, 1.165) is 36.5 Å². The van der Waals surface area contributed by atoms with E-state index in [-0.39, 0.29) is 11.9 Å². The van der Waals surface area contributed by atoms with Gasteiger partial charge in [0.15, 0.2) is 0 Å². The number of nitrogens with one attached hydrogen (secondary N) is 1. The number of rotatable bonds is 3. The number of halogens is 3. The van der Waals surface area contributed by atoms with Crippen molar-refractivity contribution in [2.45, 2.75) is 44.3 Å². The first-order chi connectivity index (χ1) is 14.3. The molecule has 0 radical (unpaired) electrons. The topological polar surface area (TPSA) is 66.8 Å². The number of fused-ring (bicyclic) bond motifs is 1. The number of benzene rings is 1. The van der Waals surface area contributed by atoms with Gasteiger partial charge in [-0.3, -0.25) is 9.48 Å². The SMILES string of the molecule is C[C@H]1CN(c2ccc(C(F)(F)F)cc2)C(=O)c2c(-c3cnc(C4CCC4)[nH]3)cnn21. The summed E-state index contributed by atoms with van der Waals surface area (Å²) in [6.45, 7) is 2.26. The molecule has 3 heterocycles. The third-order valence-corrected chi connectivity index (χ3v) is 5.99. The smallest absolute Gasteiger partial charge is 0.342 e. The summed E-state index contributed by atoms with van der Waals surface area (Å²) in [7, 11) is 0. The molecule has 2 aromatic heterocycles. The van der Waals surface area contributed by atoms with Crippen molar-refractivity contribution in [3.05, 3.63) is 53.7 Å². The summed E-state index contributed by atoms with van der Waals surface area (Å²) >= 11 is 0. The van der Waals surface area contributed by atoms with Crippen molar-refractivity contribution in [3.63, 3.8) is 0 Å². The second kappa shape index (κ2) is 6.72. The molecule has 0 bridgehead atoms. The van der Waals surface area contributed by atoms with E-state index in [9.17, 15) is 18.0 Å².